The van der Waals surface area contributed by atoms with Crippen molar-refractivity contribution in [3.05, 3.63) is 30.6 Å². The summed E-state index contributed by atoms with van der Waals surface area (Å²) in [7, 11) is 1.90. The van der Waals surface area contributed by atoms with Crippen molar-refractivity contribution in [2.75, 3.05) is 36.0 Å². The molecule has 0 saturated carbocycles. The Kier molecular flexibility index (Phi) is 3.97. The minimum atomic E-state index is -0.0509. The molecule has 0 radical (unpaired) electrons. The van der Waals surface area contributed by atoms with Gasteiger partial charge in [-0.3, -0.25) is 4.68 Å². The molecule has 1 saturated heterocycles. The first-order chi connectivity index (χ1) is 12.4. The summed E-state index contributed by atoms with van der Waals surface area (Å²) in [6.07, 6.45) is 5.32. The molecule has 8 nitrogen and oxygen atoms in total. The zero-order chi connectivity index (χ0) is 18.3. The summed E-state index contributed by atoms with van der Waals surface area (Å²) in [5.74, 6) is 2.84. The fourth-order valence-electron chi connectivity index (χ4n) is 3.24. The summed E-state index contributed by atoms with van der Waals surface area (Å²) in [6.45, 7) is 9.97. The van der Waals surface area contributed by atoms with E-state index in [-0.39, 0.29) is 5.41 Å². The number of nitrogens with zero attached hydrogens (tertiary/aromatic N) is 8. The number of hydrogen-bond acceptors (Lipinski definition) is 7. The Bertz CT molecular complexity index is 918. The largest absolute Gasteiger partial charge is 0.353 e. The molecule has 1 aliphatic rings. The summed E-state index contributed by atoms with van der Waals surface area (Å²) in [5, 5.41) is 5.31. The molecule has 0 unspecified atom stereocenters. The van der Waals surface area contributed by atoms with Crippen molar-refractivity contribution in [1.29, 1.82) is 0 Å². The SMILES string of the molecule is Cn1ncc2c(N3CCN(c4ccnc(C(C)(C)C)n4)CC3)ncnc21. The van der Waals surface area contributed by atoms with E-state index in [1.807, 2.05) is 25.5 Å². The average Bonchev–Trinajstić information content (AvgIpc) is 3.03. The molecule has 0 spiro atoms. The number of rotatable bonds is 2. The molecule has 26 heavy (non-hydrogen) atoms. The van der Waals surface area contributed by atoms with Crippen LogP contribution in [0.2, 0.25) is 0 Å². The van der Waals surface area contributed by atoms with Gasteiger partial charge in [0, 0.05) is 44.8 Å². The highest BCUT2D eigenvalue weighted by molar-refractivity contribution is 5.86. The third kappa shape index (κ3) is 2.95. The van der Waals surface area contributed by atoms with E-state index in [9.17, 15) is 0 Å². The molecule has 4 rings (SSSR count). The lowest BCUT2D eigenvalue weighted by Gasteiger charge is -2.36. The Hall–Kier alpha value is -2.77. The van der Waals surface area contributed by atoms with Gasteiger partial charge in [0.15, 0.2) is 5.65 Å². The van der Waals surface area contributed by atoms with Gasteiger partial charge in [0.25, 0.3) is 0 Å². The van der Waals surface area contributed by atoms with E-state index >= 15 is 0 Å². The van der Waals surface area contributed by atoms with Gasteiger partial charge in [-0.2, -0.15) is 5.10 Å². The lowest BCUT2D eigenvalue weighted by molar-refractivity contribution is 0.541. The summed E-state index contributed by atoms with van der Waals surface area (Å²) >= 11 is 0. The Morgan fingerprint density at radius 3 is 2.42 bits per heavy atom. The Morgan fingerprint density at radius 2 is 1.69 bits per heavy atom. The van der Waals surface area contributed by atoms with E-state index < -0.39 is 0 Å². The highest BCUT2D eigenvalue weighted by Crippen LogP contribution is 2.25. The third-order valence-corrected chi connectivity index (χ3v) is 4.72. The van der Waals surface area contributed by atoms with Crippen LogP contribution < -0.4 is 9.80 Å². The molecule has 3 aromatic rings. The van der Waals surface area contributed by atoms with Crippen LogP contribution in [-0.4, -0.2) is 55.9 Å². The second-order valence-electron chi connectivity index (χ2n) is 7.67. The predicted molar refractivity (Wildman–Crippen MR) is 101 cm³/mol. The van der Waals surface area contributed by atoms with Crippen molar-refractivity contribution in [2.45, 2.75) is 26.2 Å². The maximum Gasteiger partial charge on any atom is 0.163 e. The second-order valence-corrected chi connectivity index (χ2v) is 7.67. The number of aryl methyl sites for hydroxylation is 1. The maximum absolute atomic E-state index is 4.78. The van der Waals surface area contributed by atoms with Gasteiger partial charge in [0.05, 0.1) is 11.6 Å². The van der Waals surface area contributed by atoms with Gasteiger partial charge in [0.1, 0.15) is 23.8 Å². The fraction of sp³-hybridized carbons (Fsp3) is 0.500. The van der Waals surface area contributed by atoms with Crippen LogP contribution >= 0.6 is 0 Å². The van der Waals surface area contributed by atoms with Crippen molar-refractivity contribution in [2.24, 2.45) is 7.05 Å². The lowest BCUT2D eigenvalue weighted by Crippen LogP contribution is -2.47. The van der Waals surface area contributed by atoms with Gasteiger partial charge in [-0.05, 0) is 6.07 Å². The minimum absolute atomic E-state index is 0.0509. The summed E-state index contributed by atoms with van der Waals surface area (Å²) in [6, 6.07) is 1.99. The predicted octanol–water partition coefficient (Wildman–Crippen LogP) is 1.78. The van der Waals surface area contributed by atoms with Crippen LogP contribution in [0.25, 0.3) is 11.0 Å². The van der Waals surface area contributed by atoms with Crippen molar-refractivity contribution >= 4 is 22.7 Å². The van der Waals surface area contributed by atoms with Gasteiger partial charge in [0.2, 0.25) is 0 Å². The number of hydrogen-bond donors (Lipinski definition) is 0. The quantitative estimate of drug-likeness (QED) is 0.696. The van der Waals surface area contributed by atoms with Crippen LogP contribution in [-0.2, 0) is 12.5 Å². The maximum atomic E-state index is 4.78. The van der Waals surface area contributed by atoms with Crippen LogP contribution in [0.3, 0.4) is 0 Å². The molecule has 0 amide bonds. The lowest BCUT2D eigenvalue weighted by atomic mass is 9.96. The first kappa shape index (κ1) is 16.7. The molecule has 0 aromatic carbocycles. The van der Waals surface area contributed by atoms with E-state index in [4.69, 9.17) is 4.98 Å². The molecule has 136 valence electrons. The number of aromatic nitrogens is 6. The molecular weight excluding hydrogens is 328 g/mol. The van der Waals surface area contributed by atoms with Gasteiger partial charge >= 0.3 is 0 Å². The molecule has 1 fully saturated rings. The molecule has 0 aliphatic carbocycles. The van der Waals surface area contributed by atoms with E-state index in [0.717, 1.165) is 54.7 Å². The van der Waals surface area contributed by atoms with Crippen LogP contribution in [0.4, 0.5) is 11.6 Å². The highest BCUT2D eigenvalue weighted by atomic mass is 15.3. The smallest absolute Gasteiger partial charge is 0.163 e. The number of fused-ring (bicyclic) bond motifs is 1. The average molecular weight is 352 g/mol. The molecule has 0 atom stereocenters. The van der Waals surface area contributed by atoms with Crippen molar-refractivity contribution in [3.63, 3.8) is 0 Å². The summed E-state index contributed by atoms with van der Waals surface area (Å²) in [4.78, 5) is 22.7. The van der Waals surface area contributed by atoms with Crippen LogP contribution in [0.1, 0.15) is 26.6 Å². The van der Waals surface area contributed by atoms with Gasteiger partial charge in [-0.15, -0.1) is 0 Å². The Labute approximate surface area is 152 Å². The van der Waals surface area contributed by atoms with Crippen LogP contribution in [0.15, 0.2) is 24.8 Å². The second kappa shape index (κ2) is 6.19. The fourth-order valence-corrected chi connectivity index (χ4v) is 3.24. The third-order valence-electron chi connectivity index (χ3n) is 4.72. The summed E-state index contributed by atoms with van der Waals surface area (Å²) < 4.78 is 1.78. The zero-order valence-electron chi connectivity index (χ0n) is 15.7. The molecule has 3 aromatic heterocycles. The highest BCUT2D eigenvalue weighted by Gasteiger charge is 2.23. The van der Waals surface area contributed by atoms with Gasteiger partial charge < -0.3 is 9.80 Å². The molecular formula is C18H24N8. The van der Waals surface area contributed by atoms with Crippen molar-refractivity contribution in [3.8, 4) is 0 Å². The van der Waals surface area contributed by atoms with Gasteiger partial charge in [-0.25, -0.2) is 19.9 Å². The van der Waals surface area contributed by atoms with Crippen molar-refractivity contribution < 1.29 is 0 Å². The van der Waals surface area contributed by atoms with E-state index in [1.165, 1.54) is 0 Å². The van der Waals surface area contributed by atoms with Crippen LogP contribution in [0.5, 0.6) is 0 Å². The van der Waals surface area contributed by atoms with Gasteiger partial charge in [-0.1, -0.05) is 20.8 Å². The Morgan fingerprint density at radius 1 is 0.962 bits per heavy atom. The van der Waals surface area contributed by atoms with E-state index in [1.54, 1.807) is 11.0 Å². The monoisotopic (exact) mass is 352 g/mol. The van der Waals surface area contributed by atoms with E-state index in [0.29, 0.717) is 0 Å². The Balaban J connectivity index is 1.52. The topological polar surface area (TPSA) is 75.9 Å². The first-order valence-corrected chi connectivity index (χ1v) is 8.89. The molecule has 4 heterocycles. The molecule has 0 N–H and O–H groups in total. The molecule has 1 aliphatic heterocycles. The van der Waals surface area contributed by atoms with E-state index in [2.05, 4.69) is 50.6 Å². The summed E-state index contributed by atoms with van der Waals surface area (Å²) in [5.41, 5.74) is 0.813. The normalized spacial score (nSPS) is 15.7. The van der Waals surface area contributed by atoms with Crippen molar-refractivity contribution in [1.82, 2.24) is 29.7 Å². The molecule has 8 heteroatoms. The minimum Gasteiger partial charge on any atom is -0.353 e. The number of piperazine rings is 1. The number of anilines is 2. The molecule has 0 bridgehead atoms. The van der Waals surface area contributed by atoms with Crippen LogP contribution in [0, 0.1) is 0 Å². The first-order valence-electron chi connectivity index (χ1n) is 8.89. The zero-order valence-corrected chi connectivity index (χ0v) is 15.7. The standard InChI is InChI=1S/C18H24N8/c1-18(2,3)17-19-6-5-14(23-17)25-7-9-26(10-8-25)16-13-11-22-24(4)15(13)20-12-21-16/h5-6,11-12H,7-10H2,1-4H3.